The number of aliphatic hydroxyl groups is 2. The number of carbonyl (C=O) groups excluding carboxylic acids is 1. The van der Waals surface area contributed by atoms with Crippen LogP contribution in [0.25, 0.3) is 11.2 Å². The summed E-state index contributed by atoms with van der Waals surface area (Å²) in [6.07, 6.45) is -5.82. The molecule has 0 spiro atoms. The molecular formula is C24H32FN6O8P. The van der Waals surface area contributed by atoms with E-state index in [0.717, 1.165) is 11.1 Å². The van der Waals surface area contributed by atoms with Gasteiger partial charge in [-0.05, 0) is 38.8 Å². The first kappa shape index (κ1) is 29.9. The molecular weight excluding hydrogens is 550 g/mol. The quantitative estimate of drug-likeness (QED) is 0.145. The number of aryl methyl sites for hydroxylation is 1. The van der Waals surface area contributed by atoms with Gasteiger partial charge in [0, 0.05) is 0 Å². The van der Waals surface area contributed by atoms with Crippen LogP contribution in [-0.4, -0.2) is 72.8 Å². The predicted octanol–water partition coefficient (Wildman–Crippen LogP) is 1.75. The van der Waals surface area contributed by atoms with Gasteiger partial charge in [0.05, 0.1) is 25.6 Å². The Kier molecular flexibility index (Phi) is 9.15. The van der Waals surface area contributed by atoms with Gasteiger partial charge in [-0.3, -0.25) is 18.4 Å². The zero-order valence-electron chi connectivity index (χ0n) is 22.3. The van der Waals surface area contributed by atoms with Gasteiger partial charge in [0.15, 0.2) is 23.2 Å². The van der Waals surface area contributed by atoms with E-state index >= 15 is 0 Å². The van der Waals surface area contributed by atoms with E-state index in [1.807, 2.05) is 19.1 Å². The zero-order chi connectivity index (χ0) is 29.2. The summed E-state index contributed by atoms with van der Waals surface area (Å²) in [4.78, 5) is 23.5. The number of hydrogen-bond acceptors (Lipinski definition) is 12. The number of imidazole rings is 1. The number of nitrogens with one attached hydrogen (secondary N) is 1. The summed E-state index contributed by atoms with van der Waals surface area (Å²) in [6, 6.07) is 6.21. The number of carbonyl (C=O) groups is 1. The maximum Gasteiger partial charge on any atom is 0.406 e. The first-order valence-electron chi connectivity index (χ1n) is 12.5. The lowest BCUT2D eigenvalue weighted by Crippen LogP contribution is -2.37. The molecule has 0 aliphatic carbocycles. The number of halogens is 1. The zero-order valence-corrected chi connectivity index (χ0v) is 23.2. The van der Waals surface area contributed by atoms with Gasteiger partial charge in [0.2, 0.25) is 0 Å². The van der Waals surface area contributed by atoms with Crippen molar-refractivity contribution in [3.05, 3.63) is 47.8 Å². The molecule has 1 aromatic carbocycles. The fourth-order valence-electron chi connectivity index (χ4n) is 4.03. The maximum atomic E-state index is 13.8. The molecule has 0 amide bonds. The lowest BCUT2D eigenvalue weighted by molar-refractivity contribution is -0.149. The lowest BCUT2D eigenvalue weighted by Gasteiger charge is -2.25. The Morgan fingerprint density at radius 3 is 2.65 bits per heavy atom. The number of aliphatic hydroxyl groups excluding tert-OH is 2. The van der Waals surface area contributed by atoms with Crippen molar-refractivity contribution in [2.24, 2.45) is 0 Å². The van der Waals surface area contributed by atoms with Crippen LogP contribution in [0, 0.1) is 13.0 Å². The van der Waals surface area contributed by atoms with Crippen LogP contribution in [0.15, 0.2) is 30.6 Å². The van der Waals surface area contributed by atoms with Crippen LogP contribution in [0.4, 0.5) is 10.2 Å². The molecule has 40 heavy (non-hydrogen) atoms. The van der Waals surface area contributed by atoms with E-state index in [2.05, 4.69) is 20.0 Å². The second-order valence-electron chi connectivity index (χ2n) is 9.58. The van der Waals surface area contributed by atoms with Gasteiger partial charge < -0.3 is 25.4 Å². The SMILES string of the molecule is Cc1ccccc1CO[P@](=O)(N[C@@H](C)C(=O)OC(C)C)OCC1OC(n2cnc3c(N)nc(F)nc32)C(O)C1O. The number of hydrogen-bond donors (Lipinski definition) is 4. The van der Waals surface area contributed by atoms with E-state index < -0.39 is 63.1 Å². The van der Waals surface area contributed by atoms with Crippen LogP contribution in [0.3, 0.4) is 0 Å². The average molecular weight is 583 g/mol. The summed E-state index contributed by atoms with van der Waals surface area (Å²) in [5.74, 6) is -0.886. The Balaban J connectivity index is 1.50. The Morgan fingerprint density at radius 1 is 1.23 bits per heavy atom. The smallest absolute Gasteiger partial charge is 0.406 e. The van der Waals surface area contributed by atoms with Crippen molar-refractivity contribution >= 4 is 30.7 Å². The molecule has 4 unspecified atom stereocenters. The number of nitrogens with zero attached hydrogens (tertiary/aromatic N) is 4. The number of nitrogen functional groups attached to an aromatic ring is 1. The number of nitrogens with two attached hydrogens (primary N) is 1. The van der Waals surface area contributed by atoms with Crippen LogP contribution in [0.1, 0.15) is 38.1 Å². The highest BCUT2D eigenvalue weighted by atomic mass is 31.2. The highest BCUT2D eigenvalue weighted by Gasteiger charge is 2.46. The van der Waals surface area contributed by atoms with Crippen molar-refractivity contribution in [3.63, 3.8) is 0 Å². The normalized spacial score (nSPS) is 23.4. The molecule has 16 heteroatoms. The Labute approximate surface area is 229 Å². The van der Waals surface area contributed by atoms with Crippen LogP contribution in [0.5, 0.6) is 0 Å². The van der Waals surface area contributed by atoms with Crippen LogP contribution in [-0.2, 0) is 34.5 Å². The minimum Gasteiger partial charge on any atom is -0.462 e. The molecule has 1 aliphatic heterocycles. The highest BCUT2D eigenvalue weighted by Crippen LogP contribution is 2.46. The van der Waals surface area contributed by atoms with Crippen LogP contribution in [0.2, 0.25) is 0 Å². The summed E-state index contributed by atoms with van der Waals surface area (Å²) < 4.78 is 50.9. The molecule has 5 N–H and O–H groups in total. The first-order chi connectivity index (χ1) is 18.9. The molecule has 4 rings (SSSR count). The summed E-state index contributed by atoms with van der Waals surface area (Å²) in [5.41, 5.74) is 7.33. The fourth-order valence-corrected chi connectivity index (χ4v) is 5.48. The van der Waals surface area contributed by atoms with Crippen molar-refractivity contribution in [1.82, 2.24) is 24.6 Å². The van der Waals surface area contributed by atoms with Crippen molar-refractivity contribution in [2.45, 2.75) is 71.0 Å². The molecule has 6 atom stereocenters. The highest BCUT2D eigenvalue weighted by molar-refractivity contribution is 7.51. The number of benzene rings is 1. The number of anilines is 1. The fraction of sp³-hybridized carbons (Fsp3) is 0.500. The Bertz CT molecular complexity index is 1410. The monoisotopic (exact) mass is 582 g/mol. The van der Waals surface area contributed by atoms with Crippen molar-refractivity contribution in [3.8, 4) is 0 Å². The van der Waals surface area contributed by atoms with E-state index in [1.54, 1.807) is 26.0 Å². The third-order valence-corrected chi connectivity index (χ3v) is 7.81. The molecule has 1 fully saturated rings. The molecule has 14 nitrogen and oxygen atoms in total. The molecule has 2 aromatic heterocycles. The van der Waals surface area contributed by atoms with E-state index in [-0.39, 0.29) is 23.6 Å². The third-order valence-electron chi connectivity index (χ3n) is 6.15. The largest absolute Gasteiger partial charge is 0.462 e. The summed E-state index contributed by atoms with van der Waals surface area (Å²) >= 11 is 0. The molecule has 3 aromatic rings. The van der Waals surface area contributed by atoms with Crippen molar-refractivity contribution in [2.75, 3.05) is 12.3 Å². The molecule has 3 heterocycles. The van der Waals surface area contributed by atoms with E-state index in [9.17, 15) is 24.0 Å². The van der Waals surface area contributed by atoms with Crippen molar-refractivity contribution < 1.29 is 42.5 Å². The van der Waals surface area contributed by atoms with Gasteiger partial charge in [-0.15, -0.1) is 0 Å². The Morgan fingerprint density at radius 2 is 1.95 bits per heavy atom. The van der Waals surface area contributed by atoms with Gasteiger partial charge in [-0.25, -0.2) is 14.6 Å². The number of aromatic nitrogens is 4. The van der Waals surface area contributed by atoms with E-state index in [4.69, 9.17) is 24.3 Å². The summed E-state index contributed by atoms with van der Waals surface area (Å²) in [6.45, 7) is 6.01. The molecule has 1 saturated heterocycles. The first-order valence-corrected chi connectivity index (χ1v) is 14.0. The maximum absolute atomic E-state index is 13.8. The van der Waals surface area contributed by atoms with Gasteiger partial charge in [0.1, 0.15) is 24.4 Å². The van der Waals surface area contributed by atoms with Crippen LogP contribution < -0.4 is 10.8 Å². The third kappa shape index (κ3) is 6.63. The van der Waals surface area contributed by atoms with Crippen molar-refractivity contribution in [1.29, 1.82) is 0 Å². The van der Waals surface area contributed by atoms with Gasteiger partial charge in [0.25, 0.3) is 0 Å². The topological polar surface area (TPSA) is 193 Å². The molecule has 218 valence electrons. The number of ether oxygens (including phenoxy) is 2. The minimum absolute atomic E-state index is 0.0609. The van der Waals surface area contributed by atoms with Gasteiger partial charge >= 0.3 is 19.8 Å². The molecule has 0 radical (unpaired) electrons. The predicted molar refractivity (Wildman–Crippen MR) is 139 cm³/mol. The summed E-state index contributed by atoms with van der Waals surface area (Å²) in [7, 11) is -4.22. The lowest BCUT2D eigenvalue weighted by atomic mass is 10.1. The molecule has 0 bridgehead atoms. The number of rotatable bonds is 11. The average Bonchev–Trinajstić information content (AvgIpc) is 3.42. The van der Waals surface area contributed by atoms with E-state index in [1.165, 1.54) is 17.8 Å². The van der Waals surface area contributed by atoms with Gasteiger partial charge in [-0.1, -0.05) is 24.3 Å². The molecule has 1 aliphatic rings. The second-order valence-corrected chi connectivity index (χ2v) is 11.3. The van der Waals surface area contributed by atoms with Gasteiger partial charge in [-0.2, -0.15) is 14.4 Å². The minimum atomic E-state index is -4.22. The summed E-state index contributed by atoms with van der Waals surface area (Å²) in [5, 5.41) is 23.9. The second kappa shape index (κ2) is 12.2. The Hall–Kier alpha value is -3.04. The van der Waals surface area contributed by atoms with E-state index in [0.29, 0.717) is 0 Å². The number of fused-ring (bicyclic) bond motifs is 1. The standard InChI is InChI=1S/C24H32FN6O8P/c1-12(2)38-23(34)14(4)30-40(35,36-9-15-8-6-5-7-13(15)3)37-10-16-18(32)19(33)22(39-16)31-11-27-17-20(26)28-24(25)29-21(17)31/h5-8,11-12,14,16,18-19,22,32-33H,9-10H2,1-4H3,(H,30,35)(H2,26,28,29)/t14-,16?,18?,19?,22?,40+/m0/s1. The molecule has 0 saturated carbocycles. The van der Waals surface area contributed by atoms with Crippen LogP contribution >= 0.6 is 7.75 Å². The number of esters is 1.